The smallest absolute Gasteiger partial charge is 0.257 e. The van der Waals surface area contributed by atoms with Gasteiger partial charge in [-0.3, -0.25) is 4.79 Å². The highest BCUT2D eigenvalue weighted by Crippen LogP contribution is 2.24. The molecule has 0 aliphatic heterocycles. The number of aromatic nitrogens is 3. The van der Waals surface area contributed by atoms with Crippen LogP contribution in [0, 0.1) is 0 Å². The molecular weight excluding hydrogens is 380 g/mol. The minimum atomic E-state index is -0.245. The van der Waals surface area contributed by atoms with Crippen LogP contribution in [0.15, 0.2) is 48.8 Å². The lowest BCUT2D eigenvalue weighted by Crippen LogP contribution is -2.18. The van der Waals surface area contributed by atoms with Crippen molar-refractivity contribution in [3.8, 4) is 5.88 Å². The third-order valence-corrected chi connectivity index (χ3v) is 4.22. The van der Waals surface area contributed by atoms with Crippen LogP contribution in [-0.2, 0) is 6.54 Å². The number of pyridine rings is 1. The fourth-order valence-corrected chi connectivity index (χ4v) is 2.74. The first kappa shape index (κ1) is 19.5. The van der Waals surface area contributed by atoms with E-state index in [1.165, 1.54) is 0 Å². The van der Waals surface area contributed by atoms with Crippen LogP contribution in [-0.4, -0.2) is 41.4 Å². The number of anilines is 3. The molecule has 0 radical (unpaired) electrons. The van der Waals surface area contributed by atoms with Crippen LogP contribution in [0.25, 0.3) is 0 Å². The summed E-state index contributed by atoms with van der Waals surface area (Å²) in [6.07, 6.45) is 3.17. The van der Waals surface area contributed by atoms with Gasteiger partial charge in [-0.25, -0.2) is 9.67 Å². The van der Waals surface area contributed by atoms with Gasteiger partial charge in [0.25, 0.3) is 5.91 Å². The second-order valence-corrected chi connectivity index (χ2v) is 6.66. The van der Waals surface area contributed by atoms with Crippen LogP contribution in [0.1, 0.15) is 10.4 Å². The summed E-state index contributed by atoms with van der Waals surface area (Å²) in [6, 6.07) is 10.3. The number of hydrogen-bond acceptors (Lipinski definition) is 6. The second-order valence-electron chi connectivity index (χ2n) is 6.22. The fraction of sp³-hybridized carbons (Fsp3) is 0.211. The van der Waals surface area contributed by atoms with Crippen molar-refractivity contribution in [3.05, 3.63) is 59.4 Å². The molecule has 9 heteroatoms. The van der Waals surface area contributed by atoms with Gasteiger partial charge in [-0.05, 0) is 30.3 Å². The van der Waals surface area contributed by atoms with Crippen molar-refractivity contribution in [2.24, 2.45) is 0 Å². The molecule has 2 aromatic heterocycles. The van der Waals surface area contributed by atoms with Gasteiger partial charge in [0.2, 0.25) is 5.88 Å². The summed E-state index contributed by atoms with van der Waals surface area (Å²) in [5, 5.41) is 7.48. The van der Waals surface area contributed by atoms with Gasteiger partial charge >= 0.3 is 0 Å². The van der Waals surface area contributed by atoms with E-state index < -0.39 is 0 Å². The maximum absolute atomic E-state index is 12.6. The number of carbonyl (C=O) groups is 1. The summed E-state index contributed by atoms with van der Waals surface area (Å²) in [4.78, 5) is 18.7. The van der Waals surface area contributed by atoms with E-state index in [-0.39, 0.29) is 5.91 Å². The minimum absolute atomic E-state index is 0.245. The highest BCUT2D eigenvalue weighted by molar-refractivity contribution is 6.31. The number of nitrogen functional groups attached to an aromatic ring is 1. The van der Waals surface area contributed by atoms with Crippen molar-refractivity contribution in [3.63, 3.8) is 0 Å². The van der Waals surface area contributed by atoms with E-state index in [0.29, 0.717) is 41.1 Å². The Bertz CT molecular complexity index is 955. The highest BCUT2D eigenvalue weighted by Gasteiger charge is 2.14. The minimum Gasteiger partial charge on any atom is -0.476 e. The molecule has 0 aliphatic rings. The Morgan fingerprint density at radius 1 is 1.29 bits per heavy atom. The van der Waals surface area contributed by atoms with E-state index in [1.807, 2.05) is 19.0 Å². The number of rotatable bonds is 7. The predicted octanol–water partition coefficient (Wildman–Crippen LogP) is 2.91. The van der Waals surface area contributed by atoms with E-state index in [1.54, 1.807) is 53.5 Å². The first-order valence-electron chi connectivity index (χ1n) is 8.58. The van der Waals surface area contributed by atoms with E-state index in [4.69, 9.17) is 22.1 Å². The molecular formula is C19H21ClN6O2. The van der Waals surface area contributed by atoms with E-state index in [2.05, 4.69) is 15.4 Å². The quantitative estimate of drug-likeness (QED) is 0.632. The Hall–Kier alpha value is -3.26. The SMILES string of the molecule is CN(C)c1cc(Cl)ccc1C(=O)Nc1ccc(OCCn2nccc2N)nc1. The Kier molecular flexibility index (Phi) is 6.00. The van der Waals surface area contributed by atoms with Gasteiger partial charge in [0.15, 0.2) is 0 Å². The normalized spacial score (nSPS) is 10.5. The molecule has 3 aromatic rings. The number of nitrogens with two attached hydrogens (primary N) is 1. The summed E-state index contributed by atoms with van der Waals surface area (Å²) in [5.74, 6) is 0.781. The van der Waals surface area contributed by atoms with Crippen molar-refractivity contribution >= 4 is 34.7 Å². The van der Waals surface area contributed by atoms with Gasteiger partial charge in [-0.1, -0.05) is 11.6 Å². The summed E-state index contributed by atoms with van der Waals surface area (Å²) in [5.41, 5.74) is 7.57. The summed E-state index contributed by atoms with van der Waals surface area (Å²) in [7, 11) is 3.71. The average Bonchev–Trinajstić information content (AvgIpc) is 3.08. The highest BCUT2D eigenvalue weighted by atomic mass is 35.5. The Morgan fingerprint density at radius 3 is 2.75 bits per heavy atom. The zero-order chi connectivity index (χ0) is 20.1. The number of halogens is 1. The molecule has 0 saturated carbocycles. The number of ether oxygens (including phenoxy) is 1. The van der Waals surface area contributed by atoms with Gasteiger partial charge in [-0.2, -0.15) is 5.10 Å². The largest absolute Gasteiger partial charge is 0.476 e. The van der Waals surface area contributed by atoms with Gasteiger partial charge in [0, 0.05) is 25.2 Å². The van der Waals surface area contributed by atoms with E-state index in [0.717, 1.165) is 5.69 Å². The first-order valence-corrected chi connectivity index (χ1v) is 8.96. The number of hydrogen-bond donors (Lipinski definition) is 2. The molecule has 0 spiro atoms. The lowest BCUT2D eigenvalue weighted by molar-refractivity contribution is 0.102. The lowest BCUT2D eigenvalue weighted by atomic mass is 10.1. The number of amides is 1. The summed E-state index contributed by atoms with van der Waals surface area (Å²) < 4.78 is 7.22. The van der Waals surface area contributed by atoms with Crippen molar-refractivity contribution in [1.29, 1.82) is 0 Å². The number of nitrogens with zero attached hydrogens (tertiary/aromatic N) is 4. The van der Waals surface area contributed by atoms with Crippen LogP contribution >= 0.6 is 11.6 Å². The average molecular weight is 401 g/mol. The van der Waals surface area contributed by atoms with Crippen LogP contribution in [0.5, 0.6) is 5.88 Å². The molecule has 3 N–H and O–H groups in total. The standard InChI is InChI=1S/C19H21ClN6O2/c1-25(2)16-11-13(20)3-5-15(16)19(27)24-14-4-6-18(22-12-14)28-10-9-26-17(21)7-8-23-26/h3-8,11-12H,9-10,21H2,1-2H3,(H,24,27). The molecule has 1 aromatic carbocycles. The zero-order valence-corrected chi connectivity index (χ0v) is 16.3. The Balaban J connectivity index is 1.60. The first-order chi connectivity index (χ1) is 13.4. The Labute approximate surface area is 167 Å². The van der Waals surface area contributed by atoms with Crippen LogP contribution in [0.2, 0.25) is 5.02 Å². The molecule has 3 rings (SSSR count). The molecule has 2 heterocycles. The molecule has 1 amide bonds. The topological polar surface area (TPSA) is 98.3 Å². The van der Waals surface area contributed by atoms with Crippen molar-refractivity contribution in [1.82, 2.24) is 14.8 Å². The Morgan fingerprint density at radius 2 is 2.11 bits per heavy atom. The van der Waals surface area contributed by atoms with Crippen molar-refractivity contribution < 1.29 is 9.53 Å². The maximum atomic E-state index is 12.6. The predicted molar refractivity (Wildman–Crippen MR) is 110 cm³/mol. The monoisotopic (exact) mass is 400 g/mol. The summed E-state index contributed by atoms with van der Waals surface area (Å²) in [6.45, 7) is 0.893. The third-order valence-electron chi connectivity index (χ3n) is 3.98. The lowest BCUT2D eigenvalue weighted by Gasteiger charge is -2.17. The molecule has 0 bridgehead atoms. The summed E-state index contributed by atoms with van der Waals surface area (Å²) >= 11 is 6.03. The molecule has 146 valence electrons. The molecule has 0 saturated heterocycles. The molecule has 0 unspecified atom stereocenters. The second kappa shape index (κ2) is 8.62. The van der Waals surface area contributed by atoms with Crippen molar-refractivity contribution in [2.75, 3.05) is 36.7 Å². The molecule has 28 heavy (non-hydrogen) atoms. The van der Waals surface area contributed by atoms with E-state index in [9.17, 15) is 4.79 Å². The fourth-order valence-electron chi connectivity index (χ4n) is 2.57. The number of carbonyl (C=O) groups excluding carboxylic acids is 1. The van der Waals surface area contributed by atoms with Crippen LogP contribution in [0.3, 0.4) is 0 Å². The van der Waals surface area contributed by atoms with Gasteiger partial charge < -0.3 is 20.7 Å². The zero-order valence-electron chi connectivity index (χ0n) is 15.6. The van der Waals surface area contributed by atoms with Crippen molar-refractivity contribution in [2.45, 2.75) is 6.54 Å². The third kappa shape index (κ3) is 4.72. The van der Waals surface area contributed by atoms with Crippen LogP contribution in [0.4, 0.5) is 17.2 Å². The van der Waals surface area contributed by atoms with Gasteiger partial charge in [0.1, 0.15) is 12.4 Å². The van der Waals surface area contributed by atoms with E-state index >= 15 is 0 Å². The molecule has 0 fully saturated rings. The number of benzene rings is 1. The number of nitrogens with one attached hydrogen (secondary N) is 1. The van der Waals surface area contributed by atoms with Gasteiger partial charge in [-0.15, -0.1) is 0 Å². The maximum Gasteiger partial charge on any atom is 0.257 e. The molecule has 8 nitrogen and oxygen atoms in total. The van der Waals surface area contributed by atoms with Gasteiger partial charge in [0.05, 0.1) is 35.9 Å². The van der Waals surface area contributed by atoms with Crippen LogP contribution < -0.4 is 20.7 Å². The molecule has 0 atom stereocenters. The molecule has 0 aliphatic carbocycles.